The Hall–Kier alpha value is -1.05. The molecule has 0 saturated carbocycles. The van der Waals surface area contributed by atoms with Gasteiger partial charge in [0.1, 0.15) is 0 Å². The van der Waals surface area contributed by atoms with Crippen molar-refractivity contribution in [3.8, 4) is 0 Å². The van der Waals surface area contributed by atoms with Gasteiger partial charge in [-0.1, -0.05) is 45.4 Å². The van der Waals surface area contributed by atoms with E-state index in [2.05, 4.69) is 18.8 Å². The number of hydrogen-bond acceptors (Lipinski definition) is 1. The molecule has 0 atom stereocenters. The Bertz CT molecular complexity index is 153. The van der Waals surface area contributed by atoms with Crippen molar-refractivity contribution in [3.05, 3.63) is 24.8 Å². The number of hydrogen-bond donors (Lipinski definition) is 1. The standard InChI is InChI=1S/C6H13NO.C4H8.C3H6.C2H6.H2/c1-3-4-5-7-6(2)8;1-3-4-2;1-3-2;1-2;/h3-5H2,1-2H3,(H,7,8);3-4H,1-2H3;3H,1H2,2H3;1-2H3;1H/b;4-3+;;;. The van der Waals surface area contributed by atoms with E-state index in [1.165, 1.54) is 6.92 Å². The number of carbonyl (C=O) groups excluding carboxylic acids is 1. The summed E-state index contributed by atoms with van der Waals surface area (Å²) < 4.78 is 0. The van der Waals surface area contributed by atoms with Crippen molar-refractivity contribution in [2.45, 2.75) is 61.3 Å². The van der Waals surface area contributed by atoms with E-state index >= 15 is 0 Å². The lowest BCUT2D eigenvalue weighted by molar-refractivity contribution is -0.118. The molecule has 0 spiro atoms. The van der Waals surface area contributed by atoms with Crippen LogP contribution < -0.4 is 5.32 Å². The van der Waals surface area contributed by atoms with Crippen LogP contribution in [0.4, 0.5) is 0 Å². The fourth-order valence-corrected chi connectivity index (χ4v) is 0.441. The molecule has 1 N–H and O–H groups in total. The van der Waals surface area contributed by atoms with Crippen LogP contribution in [-0.2, 0) is 4.79 Å². The third-order valence-corrected chi connectivity index (χ3v) is 1.24. The van der Waals surface area contributed by atoms with Gasteiger partial charge in [0.25, 0.3) is 0 Å². The molecule has 0 fully saturated rings. The second-order valence-electron chi connectivity index (χ2n) is 2.91. The maximum absolute atomic E-state index is 10.2. The maximum atomic E-state index is 10.2. The molecule has 0 aliphatic heterocycles. The smallest absolute Gasteiger partial charge is 0.216 e. The monoisotopic (exact) mass is 245 g/mol. The topological polar surface area (TPSA) is 29.1 Å². The molecule has 0 heterocycles. The fourth-order valence-electron chi connectivity index (χ4n) is 0.441. The lowest BCUT2D eigenvalue weighted by atomic mass is 10.3. The van der Waals surface area contributed by atoms with Crippen LogP contribution >= 0.6 is 0 Å². The van der Waals surface area contributed by atoms with Crippen LogP contribution in [0, 0.1) is 0 Å². The zero-order valence-electron chi connectivity index (χ0n) is 13.0. The molecule has 0 aromatic carbocycles. The molecule has 0 rings (SSSR count). The van der Waals surface area contributed by atoms with Crippen molar-refractivity contribution in [2.75, 3.05) is 6.54 Å². The van der Waals surface area contributed by atoms with Crippen molar-refractivity contribution < 1.29 is 6.22 Å². The van der Waals surface area contributed by atoms with E-state index in [1.54, 1.807) is 6.08 Å². The molecule has 1 amide bonds. The molecule has 0 aliphatic carbocycles. The first kappa shape index (κ1) is 25.0. The third kappa shape index (κ3) is 102. The van der Waals surface area contributed by atoms with Gasteiger partial charge in [-0.3, -0.25) is 4.79 Å². The first-order valence-corrected chi connectivity index (χ1v) is 6.49. The summed E-state index contributed by atoms with van der Waals surface area (Å²) in [5.74, 6) is 0.0680. The highest BCUT2D eigenvalue weighted by Crippen LogP contribution is 1.80. The summed E-state index contributed by atoms with van der Waals surface area (Å²) in [5.41, 5.74) is 0. The Kier molecular flexibility index (Phi) is 53.3. The minimum atomic E-state index is 0. The van der Waals surface area contributed by atoms with E-state index < -0.39 is 0 Å². The van der Waals surface area contributed by atoms with Crippen molar-refractivity contribution >= 4 is 5.91 Å². The number of unbranched alkanes of at least 4 members (excludes halogenated alkanes) is 1. The van der Waals surface area contributed by atoms with E-state index in [4.69, 9.17) is 0 Å². The largest absolute Gasteiger partial charge is 0.356 e. The molecule has 2 heteroatoms. The van der Waals surface area contributed by atoms with E-state index in [9.17, 15) is 4.79 Å². The minimum absolute atomic E-state index is 0. The van der Waals surface area contributed by atoms with Gasteiger partial charge in [-0.25, -0.2) is 0 Å². The summed E-state index contributed by atoms with van der Waals surface area (Å²) in [6, 6.07) is 0. The molecule has 106 valence electrons. The molecule has 17 heavy (non-hydrogen) atoms. The highest BCUT2D eigenvalue weighted by molar-refractivity contribution is 5.72. The van der Waals surface area contributed by atoms with Gasteiger partial charge in [-0.15, -0.1) is 6.58 Å². The summed E-state index contributed by atoms with van der Waals surface area (Å²) in [6.07, 6.45) is 7.97. The summed E-state index contributed by atoms with van der Waals surface area (Å²) in [7, 11) is 0. The zero-order chi connectivity index (χ0) is 14.5. The Morgan fingerprint density at radius 2 is 1.59 bits per heavy atom. The molecule has 2 nitrogen and oxygen atoms in total. The molecular weight excluding hydrogens is 210 g/mol. The van der Waals surface area contributed by atoms with Gasteiger partial charge < -0.3 is 5.32 Å². The van der Waals surface area contributed by atoms with Gasteiger partial charge in [-0.05, 0) is 27.2 Å². The molecule has 0 saturated heterocycles. The SMILES string of the molecule is C/C=C/C.C=CC.CC.CCCCNC(C)=O.[HH]. The normalized spacial score (nSPS) is 7.47. The molecule has 0 aromatic heterocycles. The Labute approximate surface area is 111 Å². The maximum Gasteiger partial charge on any atom is 0.216 e. The predicted molar refractivity (Wildman–Crippen MR) is 83.4 cm³/mol. The van der Waals surface area contributed by atoms with Crippen molar-refractivity contribution in [2.24, 2.45) is 0 Å². The lowest BCUT2D eigenvalue weighted by Crippen LogP contribution is -2.20. The van der Waals surface area contributed by atoms with E-state index in [1.807, 2.05) is 46.8 Å². The number of rotatable bonds is 3. The van der Waals surface area contributed by atoms with Crippen molar-refractivity contribution in [1.29, 1.82) is 0 Å². The Balaban J connectivity index is -0.0000000481. The predicted octanol–water partition coefficient (Wildman–Crippen LogP) is 4.97. The highest BCUT2D eigenvalue weighted by Gasteiger charge is 1.85. The summed E-state index contributed by atoms with van der Waals surface area (Å²) in [5, 5.41) is 2.71. The van der Waals surface area contributed by atoms with Gasteiger partial charge in [0.15, 0.2) is 0 Å². The van der Waals surface area contributed by atoms with Crippen molar-refractivity contribution in [3.63, 3.8) is 0 Å². The summed E-state index contributed by atoms with van der Waals surface area (Å²) >= 11 is 0. The fraction of sp³-hybridized carbons (Fsp3) is 0.667. The molecule has 0 unspecified atom stereocenters. The lowest BCUT2D eigenvalue weighted by Gasteiger charge is -1.96. The van der Waals surface area contributed by atoms with Gasteiger partial charge in [0.2, 0.25) is 5.91 Å². The quantitative estimate of drug-likeness (QED) is 0.552. The molecule has 0 bridgehead atoms. The zero-order valence-corrected chi connectivity index (χ0v) is 13.0. The Morgan fingerprint density at radius 3 is 1.76 bits per heavy atom. The minimum Gasteiger partial charge on any atom is -0.356 e. The van der Waals surface area contributed by atoms with Gasteiger partial charge in [-0.2, -0.15) is 0 Å². The van der Waals surface area contributed by atoms with Crippen LogP contribution in [0.25, 0.3) is 0 Å². The van der Waals surface area contributed by atoms with Gasteiger partial charge in [0, 0.05) is 14.9 Å². The number of amides is 1. The van der Waals surface area contributed by atoms with Crippen molar-refractivity contribution in [1.82, 2.24) is 5.32 Å². The summed E-state index contributed by atoms with van der Waals surface area (Å²) in [6.45, 7) is 17.7. The first-order chi connectivity index (χ1) is 8.10. The van der Waals surface area contributed by atoms with Crippen LogP contribution in [0.5, 0.6) is 0 Å². The second-order valence-corrected chi connectivity index (χ2v) is 2.91. The van der Waals surface area contributed by atoms with Crippen LogP contribution in [0.3, 0.4) is 0 Å². The highest BCUT2D eigenvalue weighted by atomic mass is 16.1. The second kappa shape index (κ2) is 36.3. The average Bonchev–Trinajstić information content (AvgIpc) is 2.33. The summed E-state index contributed by atoms with van der Waals surface area (Å²) in [4.78, 5) is 10.2. The number of carbonyl (C=O) groups is 1. The average molecular weight is 245 g/mol. The van der Waals surface area contributed by atoms with Crippen LogP contribution in [0.15, 0.2) is 24.8 Å². The number of nitrogens with one attached hydrogen (secondary N) is 1. The van der Waals surface area contributed by atoms with E-state index in [-0.39, 0.29) is 7.33 Å². The third-order valence-electron chi connectivity index (χ3n) is 1.24. The van der Waals surface area contributed by atoms with Crippen LogP contribution in [0.2, 0.25) is 0 Å². The van der Waals surface area contributed by atoms with Crippen LogP contribution in [-0.4, -0.2) is 12.5 Å². The van der Waals surface area contributed by atoms with Gasteiger partial charge >= 0.3 is 0 Å². The van der Waals surface area contributed by atoms with E-state index in [0.717, 1.165) is 19.4 Å². The molecular formula is C15H35NO. The van der Waals surface area contributed by atoms with Crippen LogP contribution in [0.1, 0.15) is 62.7 Å². The molecule has 0 aromatic rings. The first-order valence-electron chi connectivity index (χ1n) is 6.49. The molecule has 0 radical (unpaired) electrons. The van der Waals surface area contributed by atoms with Gasteiger partial charge in [0.05, 0.1) is 0 Å². The number of allylic oxidation sites excluding steroid dienone is 3. The van der Waals surface area contributed by atoms with E-state index in [0.29, 0.717) is 0 Å². The Morgan fingerprint density at radius 1 is 1.24 bits per heavy atom. The molecule has 0 aliphatic rings.